The van der Waals surface area contributed by atoms with E-state index in [1.807, 2.05) is 33.8 Å². The zero-order chi connectivity index (χ0) is 19.9. The molecule has 0 aliphatic rings. The van der Waals surface area contributed by atoms with Gasteiger partial charge in [0.2, 0.25) is 0 Å². The van der Waals surface area contributed by atoms with E-state index in [0.717, 1.165) is 10.5 Å². The first kappa shape index (κ1) is 21.9. The number of nitrogens with zero attached hydrogens (tertiary/aromatic N) is 1. The van der Waals surface area contributed by atoms with Gasteiger partial charge < -0.3 is 15.5 Å². The van der Waals surface area contributed by atoms with Crippen LogP contribution >= 0.6 is 11.6 Å². The Morgan fingerprint density at radius 2 is 1.92 bits per heavy atom. The summed E-state index contributed by atoms with van der Waals surface area (Å²) in [7, 11) is 0. The van der Waals surface area contributed by atoms with Crippen molar-refractivity contribution >= 4 is 29.1 Å². The van der Waals surface area contributed by atoms with Gasteiger partial charge in [0, 0.05) is 10.7 Å². The third kappa shape index (κ3) is 6.32. The highest BCUT2D eigenvalue weighted by molar-refractivity contribution is 6.31. The van der Waals surface area contributed by atoms with Crippen molar-refractivity contribution in [2.45, 2.75) is 40.2 Å². The summed E-state index contributed by atoms with van der Waals surface area (Å²) in [4.78, 5) is 25.4. The monoisotopic (exact) mass is 379 g/mol. The van der Waals surface area contributed by atoms with Gasteiger partial charge in [-0.15, -0.1) is 0 Å². The third-order valence-electron chi connectivity index (χ3n) is 4.58. The van der Waals surface area contributed by atoms with Crippen molar-refractivity contribution in [3.05, 3.63) is 28.8 Å². The molecule has 142 valence electrons. The molecule has 1 rings (SSSR count). The molecule has 2 amide bonds. The van der Waals surface area contributed by atoms with Crippen molar-refractivity contribution in [1.82, 2.24) is 5.32 Å². The van der Waals surface area contributed by atoms with E-state index in [1.54, 1.807) is 19.1 Å². The van der Waals surface area contributed by atoms with Crippen molar-refractivity contribution in [3.63, 3.8) is 0 Å². The fourth-order valence-electron chi connectivity index (χ4n) is 2.33. The average Bonchev–Trinajstić information content (AvgIpc) is 2.57. The second-order valence-electron chi connectivity index (χ2n) is 6.98. The van der Waals surface area contributed by atoms with Gasteiger partial charge in [-0.05, 0) is 44.4 Å². The fraction of sp³-hybridized carbons (Fsp3) is 0.526. The molecule has 1 aromatic rings. The van der Waals surface area contributed by atoms with Gasteiger partial charge in [0.15, 0.2) is 13.1 Å². The predicted molar refractivity (Wildman–Crippen MR) is 103 cm³/mol. The second kappa shape index (κ2) is 9.56. The molecule has 0 aliphatic heterocycles. The Hall–Kier alpha value is -2.10. The molecule has 1 aromatic carbocycles. The van der Waals surface area contributed by atoms with Gasteiger partial charge in [-0.3, -0.25) is 9.59 Å². The number of nitrogens with one attached hydrogen (secondary N) is 3. The Labute approximate surface area is 160 Å². The maximum absolute atomic E-state index is 12.3. The van der Waals surface area contributed by atoms with Gasteiger partial charge in [-0.25, -0.2) is 0 Å². The fourth-order valence-corrected chi connectivity index (χ4v) is 2.50. The molecular weight excluding hydrogens is 352 g/mol. The van der Waals surface area contributed by atoms with Crippen LogP contribution in [0.2, 0.25) is 5.02 Å². The molecule has 6 nitrogen and oxygen atoms in total. The number of rotatable bonds is 8. The maximum atomic E-state index is 12.3. The zero-order valence-corrected chi connectivity index (χ0v) is 16.8. The van der Waals surface area contributed by atoms with Crippen LogP contribution < -0.4 is 15.5 Å². The summed E-state index contributed by atoms with van der Waals surface area (Å²) in [6.45, 7) is 10.2. The first-order chi connectivity index (χ1) is 12.1. The minimum atomic E-state index is -0.921. The van der Waals surface area contributed by atoms with Gasteiger partial charge in [0.05, 0.1) is 12.6 Å². The largest absolute Gasteiger partial charge is 0.333 e. The summed E-state index contributed by atoms with van der Waals surface area (Å²) >= 11 is 5.97. The van der Waals surface area contributed by atoms with Crippen LogP contribution in [0.4, 0.5) is 5.69 Å². The lowest BCUT2D eigenvalue weighted by Gasteiger charge is -2.28. The third-order valence-corrected chi connectivity index (χ3v) is 4.82. The highest BCUT2D eigenvalue weighted by Crippen LogP contribution is 2.19. The van der Waals surface area contributed by atoms with Crippen LogP contribution in [0.5, 0.6) is 0 Å². The number of benzene rings is 1. The number of likely N-dealkylation sites (N-methyl/N-ethyl adjacent to an activating group) is 1. The van der Waals surface area contributed by atoms with E-state index in [9.17, 15) is 14.9 Å². The maximum Gasteiger partial charge on any atom is 0.279 e. The quantitative estimate of drug-likeness (QED) is 0.640. The summed E-state index contributed by atoms with van der Waals surface area (Å²) in [5, 5.41) is 15.5. The van der Waals surface area contributed by atoms with Crippen LogP contribution in [0.15, 0.2) is 18.2 Å². The topological polar surface area (TPSA) is 86.4 Å². The highest BCUT2D eigenvalue weighted by atomic mass is 35.5. The first-order valence-corrected chi connectivity index (χ1v) is 9.11. The summed E-state index contributed by atoms with van der Waals surface area (Å²) < 4.78 is 0. The number of aryl methyl sites for hydroxylation is 1. The number of carbonyl (C=O) groups excluding carboxylic acids is 2. The van der Waals surface area contributed by atoms with E-state index in [0.29, 0.717) is 17.3 Å². The molecule has 0 heterocycles. The van der Waals surface area contributed by atoms with E-state index < -0.39 is 5.54 Å². The lowest BCUT2D eigenvalue weighted by Crippen LogP contribution is -3.14. The van der Waals surface area contributed by atoms with Crippen LogP contribution in [-0.2, 0) is 9.59 Å². The summed E-state index contributed by atoms with van der Waals surface area (Å²) in [6.07, 6.45) is 0. The van der Waals surface area contributed by atoms with E-state index >= 15 is 0 Å². The predicted octanol–water partition coefficient (Wildman–Crippen LogP) is 1.55. The molecule has 0 saturated carbocycles. The molecule has 0 aliphatic carbocycles. The molecule has 0 aromatic heterocycles. The molecule has 0 spiro atoms. The van der Waals surface area contributed by atoms with Crippen molar-refractivity contribution in [3.8, 4) is 6.07 Å². The van der Waals surface area contributed by atoms with Crippen LogP contribution in [-0.4, -0.2) is 37.0 Å². The van der Waals surface area contributed by atoms with Crippen LogP contribution in [0.25, 0.3) is 0 Å². The Morgan fingerprint density at radius 1 is 1.31 bits per heavy atom. The first-order valence-electron chi connectivity index (χ1n) is 8.73. The van der Waals surface area contributed by atoms with Crippen molar-refractivity contribution in [2.75, 3.05) is 25.0 Å². The number of amides is 2. The van der Waals surface area contributed by atoms with Crippen LogP contribution in [0, 0.1) is 24.2 Å². The minimum absolute atomic E-state index is 0.0179. The number of hydrogen-bond acceptors (Lipinski definition) is 3. The second-order valence-corrected chi connectivity index (χ2v) is 7.42. The zero-order valence-electron chi connectivity index (χ0n) is 16.1. The molecule has 0 radical (unpaired) electrons. The van der Waals surface area contributed by atoms with Gasteiger partial charge in [0.1, 0.15) is 5.54 Å². The number of quaternary nitrogens is 1. The van der Waals surface area contributed by atoms with E-state index in [1.165, 1.54) is 0 Å². The van der Waals surface area contributed by atoms with Gasteiger partial charge >= 0.3 is 0 Å². The summed E-state index contributed by atoms with van der Waals surface area (Å²) in [5.74, 6) is -0.450. The Bertz CT molecular complexity index is 699. The Morgan fingerprint density at radius 3 is 2.46 bits per heavy atom. The minimum Gasteiger partial charge on any atom is -0.333 e. The highest BCUT2D eigenvalue weighted by Gasteiger charge is 2.31. The SMILES string of the molecule is CC[NH+](CC(=O)Nc1cc(Cl)ccc1C)CC(=O)N[C@@](C)(C#N)C(C)C. The van der Waals surface area contributed by atoms with E-state index in [2.05, 4.69) is 16.7 Å². The number of hydrogen-bond donors (Lipinski definition) is 3. The Kier molecular flexibility index (Phi) is 8.07. The van der Waals surface area contributed by atoms with Crippen LogP contribution in [0.3, 0.4) is 0 Å². The molecule has 2 atom stereocenters. The standard InChI is InChI=1S/C19H27ClN4O2/c1-6-24(11-18(26)23-19(5,12-21)13(2)3)10-17(25)22-16-9-15(20)8-7-14(16)4/h7-9,13H,6,10-11H2,1-5H3,(H,22,25)(H,23,26)/p+1/t19-/m0/s1. The average molecular weight is 380 g/mol. The molecular formula is C19H28ClN4O2+. The van der Waals surface area contributed by atoms with Crippen molar-refractivity contribution < 1.29 is 14.5 Å². The summed E-state index contributed by atoms with van der Waals surface area (Å²) in [6, 6.07) is 7.46. The van der Waals surface area contributed by atoms with Crippen molar-refractivity contribution in [1.29, 1.82) is 5.26 Å². The van der Waals surface area contributed by atoms with E-state index in [4.69, 9.17) is 11.6 Å². The molecule has 0 fully saturated rings. The number of halogens is 1. The van der Waals surface area contributed by atoms with E-state index in [-0.39, 0.29) is 30.8 Å². The van der Waals surface area contributed by atoms with Gasteiger partial charge in [0.25, 0.3) is 11.8 Å². The molecule has 7 heteroatoms. The summed E-state index contributed by atoms with van der Waals surface area (Å²) in [5.41, 5.74) is 0.662. The van der Waals surface area contributed by atoms with Gasteiger partial charge in [-0.2, -0.15) is 5.26 Å². The number of anilines is 1. The normalized spacial score (nSPS) is 14.2. The molecule has 3 N–H and O–H groups in total. The van der Waals surface area contributed by atoms with Crippen LogP contribution in [0.1, 0.15) is 33.3 Å². The molecule has 26 heavy (non-hydrogen) atoms. The lowest BCUT2D eigenvalue weighted by atomic mass is 9.90. The molecule has 0 saturated heterocycles. The van der Waals surface area contributed by atoms with Gasteiger partial charge in [-0.1, -0.05) is 31.5 Å². The molecule has 1 unspecified atom stereocenters. The number of nitriles is 1. The lowest BCUT2D eigenvalue weighted by molar-refractivity contribution is -0.881. The molecule has 0 bridgehead atoms. The smallest absolute Gasteiger partial charge is 0.279 e. The van der Waals surface area contributed by atoms with Crippen molar-refractivity contribution in [2.24, 2.45) is 5.92 Å². The number of carbonyl (C=O) groups is 2. The Balaban J connectivity index is 2.66.